The lowest BCUT2D eigenvalue weighted by Crippen LogP contribution is -2.02. The zero-order valence-electron chi connectivity index (χ0n) is 17.9. The number of methoxy groups -OCH3 is 3. The van der Waals surface area contributed by atoms with E-state index in [9.17, 15) is 9.90 Å². The molecular weight excluding hydrogens is 402 g/mol. The topological polar surface area (TPSA) is 126 Å². The fraction of sp³-hybridized carbons (Fsp3) is 0.227. The molecule has 9 nitrogen and oxygen atoms in total. The van der Waals surface area contributed by atoms with Crippen molar-refractivity contribution in [1.82, 2.24) is 9.97 Å². The molecule has 2 aromatic carbocycles. The normalized spacial score (nSPS) is 9.84. The maximum atomic E-state index is 10.7. The second kappa shape index (κ2) is 10.7. The Kier molecular flexibility index (Phi) is 8.01. The largest absolute Gasteiger partial charge is 0.872 e. The van der Waals surface area contributed by atoms with Crippen molar-refractivity contribution in [3.63, 3.8) is 0 Å². The van der Waals surface area contributed by atoms with Crippen LogP contribution in [0, 0.1) is 13.8 Å². The van der Waals surface area contributed by atoms with Crippen molar-refractivity contribution in [1.29, 1.82) is 0 Å². The predicted octanol–water partition coefficient (Wildman–Crippen LogP) is 3.32. The number of anilines is 2. The minimum atomic E-state index is -1.18. The Morgan fingerprint density at radius 1 is 0.935 bits per heavy atom. The monoisotopic (exact) mass is 426 g/mol. The molecule has 0 amide bonds. The Balaban J connectivity index is 0.000000285. The summed E-state index contributed by atoms with van der Waals surface area (Å²) < 4.78 is 15.9. The fourth-order valence-electron chi connectivity index (χ4n) is 2.71. The lowest BCUT2D eigenvalue weighted by molar-refractivity contribution is -0.268. The molecule has 2 N–H and O–H groups in total. The predicted molar refractivity (Wildman–Crippen MR) is 114 cm³/mol. The first-order valence-electron chi connectivity index (χ1n) is 9.17. The van der Waals surface area contributed by atoms with Gasteiger partial charge in [-0.05, 0) is 26.0 Å². The van der Waals surface area contributed by atoms with E-state index < -0.39 is 11.7 Å². The number of aryl methyl sites for hydroxylation is 2. The number of aromatic nitrogens is 2. The number of carboxylic acids is 1. The van der Waals surface area contributed by atoms with Crippen molar-refractivity contribution < 1.29 is 29.2 Å². The molecule has 9 heteroatoms. The number of aromatic carboxylic acids is 1. The maximum Gasteiger partial charge on any atom is 0.335 e. The molecule has 0 aliphatic rings. The molecule has 1 aromatic heterocycles. The van der Waals surface area contributed by atoms with Gasteiger partial charge in [0.25, 0.3) is 0 Å². The summed E-state index contributed by atoms with van der Waals surface area (Å²) in [6.45, 7) is 3.85. The number of carboxylic acid groups (broad SMARTS) is 1. The van der Waals surface area contributed by atoms with E-state index in [0.29, 0.717) is 23.2 Å². The first-order valence-corrected chi connectivity index (χ1v) is 9.17. The number of benzene rings is 2. The number of ether oxygens (including phenoxy) is 3. The Morgan fingerprint density at radius 3 is 1.90 bits per heavy atom. The number of hydrogen-bond donors (Lipinski definition) is 2. The second-order valence-electron chi connectivity index (χ2n) is 6.31. The van der Waals surface area contributed by atoms with Crippen LogP contribution in [-0.2, 0) is 0 Å². The summed E-state index contributed by atoms with van der Waals surface area (Å²) in [5.74, 6) is 0.599. The van der Waals surface area contributed by atoms with Crippen molar-refractivity contribution in [2.45, 2.75) is 13.8 Å². The van der Waals surface area contributed by atoms with E-state index in [4.69, 9.17) is 19.3 Å². The van der Waals surface area contributed by atoms with E-state index in [1.807, 2.05) is 32.0 Å². The van der Waals surface area contributed by atoms with Crippen LogP contribution in [0.15, 0.2) is 42.5 Å². The highest BCUT2D eigenvalue weighted by atomic mass is 16.5. The molecule has 0 spiro atoms. The molecule has 3 aromatic rings. The molecule has 0 fully saturated rings. The Hall–Kier alpha value is -4.01. The third-order valence-corrected chi connectivity index (χ3v) is 4.02. The van der Waals surface area contributed by atoms with Gasteiger partial charge in [-0.2, -0.15) is 0 Å². The summed E-state index contributed by atoms with van der Waals surface area (Å²) in [4.78, 5) is 18.9. The Morgan fingerprint density at radius 2 is 1.48 bits per heavy atom. The number of hydrogen-bond acceptors (Lipinski definition) is 8. The molecule has 0 unspecified atom stereocenters. The highest BCUT2D eigenvalue weighted by molar-refractivity contribution is 5.90. The van der Waals surface area contributed by atoms with Gasteiger partial charge in [-0.1, -0.05) is 23.9 Å². The molecule has 0 aliphatic heterocycles. The van der Waals surface area contributed by atoms with E-state index in [-0.39, 0.29) is 5.56 Å². The van der Waals surface area contributed by atoms with Gasteiger partial charge in [0.1, 0.15) is 0 Å². The van der Waals surface area contributed by atoms with Gasteiger partial charge in [0.05, 0.1) is 26.9 Å². The van der Waals surface area contributed by atoms with Crippen molar-refractivity contribution in [2.24, 2.45) is 0 Å². The second-order valence-corrected chi connectivity index (χ2v) is 6.31. The Labute approximate surface area is 180 Å². The number of rotatable bonds is 6. The summed E-state index contributed by atoms with van der Waals surface area (Å²) in [6, 6.07) is 11.1. The SMILES string of the molecule is COc1cc(Nc2nc(C)cc(C)n2)cc(OC)c1OC.O=C(O)c1ccccc1[O-]. The molecule has 0 bridgehead atoms. The van der Waals surface area contributed by atoms with Gasteiger partial charge in [-0.25, -0.2) is 14.8 Å². The van der Waals surface area contributed by atoms with Gasteiger partial charge >= 0.3 is 5.97 Å². The number of para-hydroxylation sites is 1. The van der Waals surface area contributed by atoms with Crippen LogP contribution in [-0.4, -0.2) is 42.4 Å². The van der Waals surface area contributed by atoms with Crippen LogP contribution in [0.4, 0.5) is 11.6 Å². The number of nitrogens with one attached hydrogen (secondary N) is 1. The standard InChI is InChI=1S/C15H19N3O3.C7H6O3/c1-9-6-10(2)17-15(16-9)18-11-7-12(19-3)14(21-5)13(8-11)20-4;8-6-4-2-1-3-5(6)7(9)10/h6-8H,1-5H3,(H,16,17,18);1-4,8H,(H,9,10)/p-1. The van der Waals surface area contributed by atoms with Crippen LogP contribution >= 0.6 is 0 Å². The smallest absolute Gasteiger partial charge is 0.335 e. The highest BCUT2D eigenvalue weighted by Crippen LogP contribution is 2.40. The average molecular weight is 426 g/mol. The van der Waals surface area contributed by atoms with E-state index in [1.54, 1.807) is 21.3 Å². The minimum Gasteiger partial charge on any atom is -0.872 e. The minimum absolute atomic E-state index is 0.178. The van der Waals surface area contributed by atoms with Crippen LogP contribution in [0.5, 0.6) is 23.0 Å². The highest BCUT2D eigenvalue weighted by Gasteiger charge is 2.13. The molecule has 31 heavy (non-hydrogen) atoms. The van der Waals surface area contributed by atoms with Crippen molar-refractivity contribution in [2.75, 3.05) is 26.6 Å². The van der Waals surface area contributed by atoms with E-state index >= 15 is 0 Å². The van der Waals surface area contributed by atoms with E-state index in [0.717, 1.165) is 17.1 Å². The van der Waals surface area contributed by atoms with Gasteiger partial charge in [-0.15, -0.1) is 0 Å². The zero-order valence-corrected chi connectivity index (χ0v) is 17.9. The van der Waals surface area contributed by atoms with Crippen LogP contribution in [0.3, 0.4) is 0 Å². The van der Waals surface area contributed by atoms with E-state index in [1.165, 1.54) is 24.3 Å². The van der Waals surface area contributed by atoms with Gasteiger partial charge < -0.3 is 29.7 Å². The molecule has 0 saturated carbocycles. The van der Waals surface area contributed by atoms with Gasteiger partial charge in [0.15, 0.2) is 11.5 Å². The third kappa shape index (κ3) is 6.23. The molecule has 0 saturated heterocycles. The summed E-state index contributed by atoms with van der Waals surface area (Å²) in [6.07, 6.45) is 0. The van der Waals surface area contributed by atoms with Crippen LogP contribution in [0.2, 0.25) is 0 Å². The third-order valence-electron chi connectivity index (χ3n) is 4.02. The first kappa shape index (κ1) is 23.3. The molecular formula is C22H24N3O6-. The molecule has 164 valence electrons. The number of carbonyl (C=O) groups is 1. The molecule has 0 aliphatic carbocycles. The van der Waals surface area contributed by atoms with Crippen LogP contribution < -0.4 is 24.6 Å². The molecule has 3 rings (SSSR count). The fourth-order valence-corrected chi connectivity index (χ4v) is 2.71. The van der Waals surface area contributed by atoms with Crippen molar-refractivity contribution >= 4 is 17.6 Å². The molecule has 0 radical (unpaired) electrons. The number of nitrogens with zero attached hydrogens (tertiary/aromatic N) is 2. The first-order chi connectivity index (χ1) is 14.8. The van der Waals surface area contributed by atoms with Crippen LogP contribution in [0.25, 0.3) is 0 Å². The average Bonchev–Trinajstić information content (AvgIpc) is 2.72. The lowest BCUT2D eigenvalue weighted by Gasteiger charge is -2.14. The summed E-state index contributed by atoms with van der Waals surface area (Å²) in [5, 5.41) is 22.2. The zero-order chi connectivity index (χ0) is 23.0. The molecule has 1 heterocycles. The van der Waals surface area contributed by atoms with Gasteiger partial charge in [0, 0.05) is 29.2 Å². The lowest BCUT2D eigenvalue weighted by atomic mass is 10.2. The Bertz CT molecular complexity index is 1010. The summed E-state index contributed by atoms with van der Waals surface area (Å²) in [5.41, 5.74) is 2.38. The molecule has 0 atom stereocenters. The van der Waals surface area contributed by atoms with E-state index in [2.05, 4.69) is 15.3 Å². The quantitative estimate of drug-likeness (QED) is 0.610. The summed E-state index contributed by atoms with van der Waals surface area (Å²) >= 11 is 0. The maximum absolute atomic E-state index is 10.7. The van der Waals surface area contributed by atoms with Crippen LogP contribution in [0.1, 0.15) is 21.7 Å². The van der Waals surface area contributed by atoms with Gasteiger partial charge in [-0.3, -0.25) is 0 Å². The van der Waals surface area contributed by atoms with Crippen molar-refractivity contribution in [3.05, 3.63) is 59.4 Å². The summed E-state index contributed by atoms with van der Waals surface area (Å²) in [7, 11) is 4.73. The van der Waals surface area contributed by atoms with Crippen molar-refractivity contribution in [3.8, 4) is 23.0 Å². The van der Waals surface area contributed by atoms with Gasteiger partial charge in [0.2, 0.25) is 11.7 Å².